The minimum atomic E-state index is -1.13. The van der Waals surface area contributed by atoms with Crippen LogP contribution in [0.3, 0.4) is 0 Å². The summed E-state index contributed by atoms with van der Waals surface area (Å²) in [6.45, 7) is 1.16. The fourth-order valence-corrected chi connectivity index (χ4v) is 1.62. The minimum Gasteiger partial charge on any atom is -0.504 e. The summed E-state index contributed by atoms with van der Waals surface area (Å²) in [5.74, 6) is -1.67. The normalized spacial score (nSPS) is 10.9. The van der Waals surface area contributed by atoms with E-state index in [0.29, 0.717) is 0 Å². The smallest absolute Gasteiger partial charge is 0.383 e. The molecule has 0 fully saturated rings. The monoisotopic (exact) mass is 292 g/mol. The Morgan fingerprint density at radius 2 is 2.19 bits per heavy atom. The molecule has 110 valence electrons. The Labute approximate surface area is 118 Å². The highest BCUT2D eigenvalue weighted by Crippen LogP contribution is 2.33. The number of hydrogen-bond donors (Lipinski definition) is 2. The maximum absolute atomic E-state index is 11.7. The summed E-state index contributed by atoms with van der Waals surface area (Å²) < 4.78 is 15.0. The Hall–Kier alpha value is -2.96. The zero-order valence-electron chi connectivity index (χ0n) is 11.0. The van der Waals surface area contributed by atoms with Crippen LogP contribution in [0.15, 0.2) is 39.7 Å². The van der Waals surface area contributed by atoms with E-state index in [1.54, 1.807) is 6.92 Å². The lowest BCUT2D eigenvalue weighted by molar-refractivity contribution is -0.139. The van der Waals surface area contributed by atoms with Crippen LogP contribution in [0.5, 0.6) is 17.2 Å². The number of aromatic hydroxyl groups is 1. The lowest BCUT2D eigenvalue weighted by atomic mass is 10.2. The van der Waals surface area contributed by atoms with Crippen molar-refractivity contribution in [2.75, 3.05) is 6.61 Å². The molecule has 0 aliphatic rings. The molecule has 0 bridgehead atoms. The van der Waals surface area contributed by atoms with E-state index in [1.807, 2.05) is 0 Å². The summed E-state index contributed by atoms with van der Waals surface area (Å²) in [4.78, 5) is 22.1. The Morgan fingerprint density at radius 1 is 1.43 bits per heavy atom. The molecule has 1 heterocycles. The van der Waals surface area contributed by atoms with Crippen molar-refractivity contribution in [3.8, 4) is 17.2 Å². The number of hydrogen-bond acceptors (Lipinski definition) is 6. The fourth-order valence-electron chi connectivity index (χ4n) is 1.62. The second kappa shape index (κ2) is 6.00. The van der Waals surface area contributed by atoms with E-state index in [1.165, 1.54) is 30.5 Å². The second-order valence-corrected chi connectivity index (χ2v) is 3.99. The highest BCUT2D eigenvalue weighted by molar-refractivity contribution is 5.86. The molecular weight excluding hydrogens is 280 g/mol. The van der Waals surface area contributed by atoms with Gasteiger partial charge in [-0.2, -0.15) is 0 Å². The lowest BCUT2D eigenvalue weighted by Gasteiger charge is -2.07. The van der Waals surface area contributed by atoms with E-state index >= 15 is 0 Å². The molecule has 0 radical (unpaired) electrons. The summed E-state index contributed by atoms with van der Waals surface area (Å²) in [7, 11) is 0. The molecule has 2 aromatic rings. The molecule has 7 heteroatoms. The minimum absolute atomic E-state index is 0.132. The van der Waals surface area contributed by atoms with Crippen molar-refractivity contribution >= 4 is 16.9 Å². The van der Waals surface area contributed by atoms with Gasteiger partial charge in [0.2, 0.25) is 0 Å². The zero-order chi connectivity index (χ0) is 15.4. The molecule has 0 saturated heterocycles. The molecule has 0 aliphatic heterocycles. The van der Waals surface area contributed by atoms with Crippen LogP contribution in [0.2, 0.25) is 0 Å². The molecule has 21 heavy (non-hydrogen) atoms. The fraction of sp³-hybridized carbons (Fsp3) is 0.143. The largest absolute Gasteiger partial charge is 0.504 e. The van der Waals surface area contributed by atoms with Crippen molar-refractivity contribution in [3.05, 3.63) is 41.0 Å². The second-order valence-electron chi connectivity index (χ2n) is 3.99. The predicted molar refractivity (Wildman–Crippen MR) is 72.7 cm³/mol. The molecular formula is C14H12O7. The van der Waals surface area contributed by atoms with Gasteiger partial charge in [0, 0.05) is 0 Å². The molecule has 0 saturated carbocycles. The molecule has 0 unspecified atom stereocenters. The van der Waals surface area contributed by atoms with Crippen molar-refractivity contribution in [2.45, 2.75) is 6.92 Å². The molecule has 1 aromatic carbocycles. The number of carboxylic acids is 1. The van der Waals surface area contributed by atoms with Crippen LogP contribution < -0.4 is 15.1 Å². The first kappa shape index (κ1) is 14.4. The first-order chi connectivity index (χ1) is 10.0. The first-order valence-electron chi connectivity index (χ1n) is 5.95. The van der Waals surface area contributed by atoms with Gasteiger partial charge in [0.05, 0.1) is 11.6 Å². The molecule has 2 rings (SSSR count). The lowest BCUT2D eigenvalue weighted by Crippen LogP contribution is -2.09. The summed E-state index contributed by atoms with van der Waals surface area (Å²) in [6.07, 6.45) is 2.76. The van der Waals surface area contributed by atoms with E-state index in [0.717, 1.165) is 0 Å². The third-order valence-electron chi connectivity index (χ3n) is 2.49. The van der Waals surface area contributed by atoms with Crippen LogP contribution in [-0.4, -0.2) is 22.8 Å². The standard InChI is InChI=1S/C14H12O7/c1-2-5-19-13-12(17)9-6-8(20-7-11(15)16)3-4-10(9)21-14(13)18/h2-6,17H,7H2,1H3,(H,15,16)/b5-2-. The van der Waals surface area contributed by atoms with Crippen molar-refractivity contribution in [1.82, 2.24) is 0 Å². The molecule has 7 nitrogen and oxygen atoms in total. The Morgan fingerprint density at radius 3 is 2.86 bits per heavy atom. The van der Waals surface area contributed by atoms with Gasteiger partial charge < -0.3 is 24.1 Å². The zero-order valence-corrected chi connectivity index (χ0v) is 11.0. The summed E-state index contributed by atoms with van der Waals surface area (Å²) in [6, 6.07) is 4.19. The number of carboxylic acid groups (broad SMARTS) is 1. The van der Waals surface area contributed by atoms with Gasteiger partial charge >= 0.3 is 11.6 Å². The van der Waals surface area contributed by atoms with E-state index < -0.39 is 24.0 Å². The molecule has 2 N–H and O–H groups in total. The SMILES string of the molecule is C/C=C\Oc1c(O)c2cc(OCC(=O)O)ccc2oc1=O. The quantitative estimate of drug-likeness (QED) is 0.640. The number of benzene rings is 1. The number of ether oxygens (including phenoxy) is 2. The Kier molecular flexibility index (Phi) is 4.13. The van der Waals surface area contributed by atoms with Crippen LogP contribution in [0.25, 0.3) is 11.0 Å². The molecule has 0 aliphatic carbocycles. The average molecular weight is 292 g/mol. The average Bonchev–Trinajstić information content (AvgIpc) is 2.45. The van der Waals surface area contributed by atoms with Gasteiger partial charge in [0.1, 0.15) is 11.3 Å². The van der Waals surface area contributed by atoms with Gasteiger partial charge in [-0.15, -0.1) is 0 Å². The van der Waals surface area contributed by atoms with Crippen LogP contribution in [0, 0.1) is 0 Å². The number of rotatable bonds is 5. The number of aliphatic carboxylic acids is 1. The molecule has 0 amide bonds. The van der Waals surface area contributed by atoms with E-state index in [4.69, 9.17) is 19.0 Å². The van der Waals surface area contributed by atoms with E-state index in [2.05, 4.69) is 0 Å². The first-order valence-corrected chi connectivity index (χ1v) is 5.95. The Bertz CT molecular complexity index is 758. The van der Waals surface area contributed by atoms with Gasteiger partial charge in [0.15, 0.2) is 12.4 Å². The predicted octanol–water partition coefficient (Wildman–Crippen LogP) is 1.87. The van der Waals surface area contributed by atoms with Crippen molar-refractivity contribution in [2.24, 2.45) is 0 Å². The topological polar surface area (TPSA) is 106 Å². The van der Waals surface area contributed by atoms with Crippen molar-refractivity contribution < 1.29 is 28.9 Å². The van der Waals surface area contributed by atoms with Gasteiger partial charge in [-0.25, -0.2) is 9.59 Å². The van der Waals surface area contributed by atoms with Gasteiger partial charge in [0.25, 0.3) is 5.75 Å². The molecule has 0 spiro atoms. The van der Waals surface area contributed by atoms with Crippen LogP contribution in [0.1, 0.15) is 6.92 Å². The summed E-state index contributed by atoms with van der Waals surface area (Å²) in [5.41, 5.74) is -0.690. The van der Waals surface area contributed by atoms with E-state index in [9.17, 15) is 14.7 Å². The Balaban J connectivity index is 2.49. The number of fused-ring (bicyclic) bond motifs is 1. The highest BCUT2D eigenvalue weighted by Gasteiger charge is 2.15. The number of allylic oxidation sites excluding steroid dienone is 1. The molecule has 1 aromatic heterocycles. The van der Waals surface area contributed by atoms with E-state index in [-0.39, 0.29) is 22.5 Å². The van der Waals surface area contributed by atoms with Crippen LogP contribution >= 0.6 is 0 Å². The van der Waals surface area contributed by atoms with Crippen LogP contribution in [0.4, 0.5) is 0 Å². The highest BCUT2D eigenvalue weighted by atomic mass is 16.5. The maximum atomic E-state index is 11.7. The third-order valence-corrected chi connectivity index (χ3v) is 2.49. The van der Waals surface area contributed by atoms with Gasteiger partial charge in [-0.3, -0.25) is 0 Å². The number of carbonyl (C=O) groups is 1. The third kappa shape index (κ3) is 3.14. The molecule has 0 atom stereocenters. The van der Waals surface area contributed by atoms with Gasteiger partial charge in [-0.05, 0) is 25.1 Å². The maximum Gasteiger partial charge on any atom is 0.383 e. The van der Waals surface area contributed by atoms with Crippen molar-refractivity contribution in [3.63, 3.8) is 0 Å². The van der Waals surface area contributed by atoms with Gasteiger partial charge in [-0.1, -0.05) is 6.08 Å². The van der Waals surface area contributed by atoms with Crippen molar-refractivity contribution in [1.29, 1.82) is 0 Å². The summed E-state index contributed by atoms with van der Waals surface area (Å²) >= 11 is 0. The summed E-state index contributed by atoms with van der Waals surface area (Å²) in [5, 5.41) is 18.8. The van der Waals surface area contributed by atoms with Crippen LogP contribution in [-0.2, 0) is 4.79 Å².